The zero-order chi connectivity index (χ0) is 19.8. The third-order valence-corrected chi connectivity index (χ3v) is 6.08. The van der Waals surface area contributed by atoms with Gasteiger partial charge >= 0.3 is 11.7 Å². The van der Waals surface area contributed by atoms with Crippen LogP contribution in [0.5, 0.6) is 0 Å². The third kappa shape index (κ3) is 4.54. The monoisotopic (exact) mass is 386 g/mol. The van der Waals surface area contributed by atoms with Crippen LogP contribution in [-0.4, -0.2) is 47.2 Å². The van der Waals surface area contributed by atoms with E-state index in [-0.39, 0.29) is 17.9 Å². The average Bonchev–Trinajstić information content (AvgIpc) is 2.78. The summed E-state index contributed by atoms with van der Waals surface area (Å²) < 4.78 is 25.0. The number of nitrogens with zero attached hydrogens (tertiary/aromatic N) is 1. The highest BCUT2D eigenvalue weighted by Gasteiger charge is 2.47. The van der Waals surface area contributed by atoms with Gasteiger partial charge in [0.15, 0.2) is 12.3 Å². The van der Waals surface area contributed by atoms with E-state index in [9.17, 15) is 18.9 Å². The molecule has 5 atom stereocenters. The molecule has 8 nitrogen and oxygen atoms in total. The molecule has 1 saturated heterocycles. The number of aromatic nitrogens is 2. The van der Waals surface area contributed by atoms with Gasteiger partial charge in [0.05, 0.1) is 13.2 Å². The lowest BCUT2D eigenvalue weighted by Gasteiger charge is -2.24. The summed E-state index contributed by atoms with van der Waals surface area (Å²) in [6.45, 7) is 10.1. The molecular formula is C17H27N2O6P. The van der Waals surface area contributed by atoms with Crippen molar-refractivity contribution in [1.82, 2.24) is 9.55 Å². The number of ether oxygens (including phenoxy) is 2. The molecule has 1 N–H and O–H groups in total. The molecule has 2 heterocycles. The van der Waals surface area contributed by atoms with Crippen LogP contribution in [-0.2, 0) is 18.8 Å². The summed E-state index contributed by atoms with van der Waals surface area (Å²) in [5.74, 6) is -0.729. The maximum atomic E-state index is 12.3. The van der Waals surface area contributed by atoms with Crippen molar-refractivity contribution in [2.24, 2.45) is 11.8 Å². The largest absolute Gasteiger partial charge is 0.457 e. The van der Waals surface area contributed by atoms with Crippen LogP contribution >= 0.6 is 7.14 Å². The number of rotatable bonds is 5. The van der Waals surface area contributed by atoms with Gasteiger partial charge in [-0.3, -0.25) is 19.1 Å². The molecule has 0 saturated carbocycles. The van der Waals surface area contributed by atoms with E-state index in [1.54, 1.807) is 20.3 Å². The fourth-order valence-corrected chi connectivity index (χ4v) is 5.21. The molecule has 0 bridgehead atoms. The molecule has 1 fully saturated rings. The van der Waals surface area contributed by atoms with Crippen LogP contribution in [0.1, 0.15) is 32.6 Å². The molecular weight excluding hydrogens is 359 g/mol. The van der Waals surface area contributed by atoms with E-state index in [1.165, 1.54) is 17.7 Å². The van der Waals surface area contributed by atoms with Gasteiger partial charge in [0.2, 0.25) is 0 Å². The van der Waals surface area contributed by atoms with E-state index in [0.717, 1.165) is 0 Å². The van der Waals surface area contributed by atoms with E-state index in [4.69, 9.17) is 9.47 Å². The number of hydrogen-bond acceptors (Lipinski definition) is 6. The molecule has 146 valence electrons. The van der Waals surface area contributed by atoms with Gasteiger partial charge in [-0.1, -0.05) is 13.8 Å². The zero-order valence-corrected chi connectivity index (χ0v) is 16.9. The lowest BCUT2D eigenvalue weighted by atomic mass is 9.92. The molecule has 1 aromatic rings. The molecule has 0 aliphatic carbocycles. The minimum atomic E-state index is -2.27. The van der Waals surface area contributed by atoms with Crippen LogP contribution in [0.25, 0.3) is 0 Å². The second kappa shape index (κ2) is 7.53. The van der Waals surface area contributed by atoms with Gasteiger partial charge < -0.3 is 14.0 Å². The molecule has 1 aliphatic heterocycles. The molecule has 0 amide bonds. The molecule has 1 aliphatic rings. The van der Waals surface area contributed by atoms with Crippen LogP contribution in [0.3, 0.4) is 0 Å². The number of aromatic amines is 1. The number of carbonyl (C=O) groups excluding carboxylic acids is 1. The number of nitrogens with one attached hydrogen (secondary N) is 1. The summed E-state index contributed by atoms with van der Waals surface area (Å²) in [6, 6.07) is 0. The van der Waals surface area contributed by atoms with Crippen LogP contribution in [0.4, 0.5) is 0 Å². The predicted octanol–water partition coefficient (Wildman–Crippen LogP) is 1.57. The molecule has 9 heteroatoms. The average molecular weight is 386 g/mol. The fraction of sp³-hybridized carbons (Fsp3) is 0.706. The Morgan fingerprint density at radius 2 is 2.04 bits per heavy atom. The van der Waals surface area contributed by atoms with Crippen molar-refractivity contribution in [2.45, 2.75) is 46.1 Å². The summed E-state index contributed by atoms with van der Waals surface area (Å²) in [6.07, 6.45) is 0.0264. The second-order valence-corrected chi connectivity index (χ2v) is 11.1. The molecule has 0 aromatic carbocycles. The minimum absolute atomic E-state index is 0.0477. The van der Waals surface area contributed by atoms with Gasteiger partial charge in [-0.25, -0.2) is 4.79 Å². The standard InChI is InChI=1S/C17H27N2O6P/c1-9-7-19(17(22)18-15(9)21)16-14(24-12(4)20)11(3)13(25-16)10(2)8-26(5,6)23/h7,10-11,13-14,16H,8H2,1-6H3,(H,18,21,22)/t10-,11-,13-,14-,16-/m1/s1. The van der Waals surface area contributed by atoms with Crippen molar-refractivity contribution in [1.29, 1.82) is 0 Å². The van der Waals surface area contributed by atoms with Crippen molar-refractivity contribution >= 4 is 13.1 Å². The van der Waals surface area contributed by atoms with Crippen LogP contribution in [0, 0.1) is 18.8 Å². The molecule has 1 aromatic heterocycles. The maximum absolute atomic E-state index is 12.3. The Hall–Kier alpha value is -1.66. The third-order valence-electron chi connectivity index (χ3n) is 4.62. The van der Waals surface area contributed by atoms with Crippen molar-refractivity contribution in [3.63, 3.8) is 0 Å². The van der Waals surface area contributed by atoms with Crippen molar-refractivity contribution in [2.75, 3.05) is 19.5 Å². The number of hydrogen-bond donors (Lipinski definition) is 1. The summed E-state index contributed by atoms with van der Waals surface area (Å²) >= 11 is 0. The van der Waals surface area contributed by atoms with Gasteiger partial charge in [0.25, 0.3) is 5.56 Å². The van der Waals surface area contributed by atoms with E-state index in [1.807, 2.05) is 13.8 Å². The smallest absolute Gasteiger partial charge is 0.330 e. The molecule has 26 heavy (non-hydrogen) atoms. The highest BCUT2D eigenvalue weighted by atomic mass is 31.2. The quantitative estimate of drug-likeness (QED) is 0.608. The van der Waals surface area contributed by atoms with Gasteiger partial charge in [-0.15, -0.1) is 0 Å². The van der Waals surface area contributed by atoms with Gasteiger partial charge in [0, 0.05) is 30.8 Å². The molecule has 2 rings (SSSR count). The summed E-state index contributed by atoms with van der Waals surface area (Å²) in [5.41, 5.74) is -0.741. The maximum Gasteiger partial charge on any atom is 0.330 e. The van der Waals surface area contributed by atoms with E-state index < -0.39 is 36.7 Å². The highest BCUT2D eigenvalue weighted by molar-refractivity contribution is 7.62. The van der Waals surface area contributed by atoms with Gasteiger partial charge in [-0.05, 0) is 26.2 Å². The Bertz CT molecular complexity index is 838. The first-order valence-corrected chi connectivity index (χ1v) is 11.4. The van der Waals surface area contributed by atoms with Crippen LogP contribution in [0.15, 0.2) is 15.8 Å². The van der Waals surface area contributed by atoms with Crippen LogP contribution in [0.2, 0.25) is 0 Å². The number of esters is 1. The first kappa shape index (κ1) is 20.6. The Labute approximate surface area is 152 Å². The van der Waals surface area contributed by atoms with Gasteiger partial charge in [0.1, 0.15) is 0 Å². The number of aryl methyl sites for hydroxylation is 1. The normalized spacial score (nSPS) is 27.3. The molecule has 0 radical (unpaired) electrons. The lowest BCUT2D eigenvalue weighted by molar-refractivity contribution is -0.153. The highest BCUT2D eigenvalue weighted by Crippen LogP contribution is 2.44. The van der Waals surface area contributed by atoms with Gasteiger partial charge in [-0.2, -0.15) is 0 Å². The van der Waals surface area contributed by atoms with Crippen molar-refractivity contribution < 1.29 is 18.8 Å². The first-order valence-electron chi connectivity index (χ1n) is 8.59. The Morgan fingerprint density at radius 3 is 2.58 bits per heavy atom. The summed E-state index contributed by atoms with van der Waals surface area (Å²) in [5, 5.41) is 0. The van der Waals surface area contributed by atoms with E-state index >= 15 is 0 Å². The minimum Gasteiger partial charge on any atom is -0.457 e. The number of carbonyl (C=O) groups is 1. The van der Waals surface area contributed by atoms with Crippen molar-refractivity contribution in [3.05, 3.63) is 32.6 Å². The lowest BCUT2D eigenvalue weighted by Crippen LogP contribution is -2.38. The van der Waals surface area contributed by atoms with E-state index in [0.29, 0.717) is 11.7 Å². The molecule has 0 spiro atoms. The summed E-state index contributed by atoms with van der Waals surface area (Å²) in [7, 11) is -2.27. The Kier molecular flexibility index (Phi) is 5.98. The first-order chi connectivity index (χ1) is 11.9. The van der Waals surface area contributed by atoms with Crippen LogP contribution < -0.4 is 11.2 Å². The second-order valence-electron chi connectivity index (χ2n) is 7.64. The Balaban J connectivity index is 2.42. The fourth-order valence-electron chi connectivity index (χ4n) is 3.61. The van der Waals surface area contributed by atoms with Crippen molar-refractivity contribution in [3.8, 4) is 0 Å². The zero-order valence-electron chi connectivity index (χ0n) is 16.0. The number of H-pyrrole nitrogens is 1. The predicted molar refractivity (Wildman–Crippen MR) is 98.2 cm³/mol. The van der Waals surface area contributed by atoms with E-state index in [2.05, 4.69) is 4.98 Å². The SMILES string of the molecule is CC(=O)O[C@@H]1[C@H](C)[C@@H]([C@H](C)CP(C)(C)=O)O[C@H]1n1cc(C)c(=O)[nH]c1=O. The molecule has 0 unspecified atom stereocenters. The summed E-state index contributed by atoms with van der Waals surface area (Å²) in [4.78, 5) is 37.7. The topological polar surface area (TPSA) is 107 Å². The Morgan fingerprint density at radius 1 is 1.42 bits per heavy atom.